The molecule has 0 bridgehead atoms. The summed E-state index contributed by atoms with van der Waals surface area (Å²) in [6.45, 7) is 5.86. The Balaban J connectivity index is 1.60. The third-order valence-electron chi connectivity index (χ3n) is 7.83. The number of thiophene rings is 1. The highest BCUT2D eigenvalue weighted by Gasteiger charge is 2.35. The lowest BCUT2D eigenvalue weighted by atomic mass is 9.69. The number of aromatic nitrogens is 3. The summed E-state index contributed by atoms with van der Waals surface area (Å²) >= 11 is 1.64. The molecule has 1 aromatic carbocycles. The van der Waals surface area contributed by atoms with Crippen LogP contribution in [0.2, 0.25) is 0 Å². The van der Waals surface area contributed by atoms with Gasteiger partial charge < -0.3 is 10.5 Å². The summed E-state index contributed by atoms with van der Waals surface area (Å²) in [5.74, 6) is -1.52. The fraction of sp³-hybridized carbons (Fsp3) is 0.323. The van der Waals surface area contributed by atoms with Crippen molar-refractivity contribution in [3.05, 3.63) is 89.9 Å². The van der Waals surface area contributed by atoms with E-state index in [0.717, 1.165) is 37.3 Å². The number of rotatable bonds is 5. The molecule has 9 nitrogen and oxygen atoms in total. The molecule has 3 heterocycles. The van der Waals surface area contributed by atoms with E-state index in [4.69, 9.17) is 15.5 Å². The van der Waals surface area contributed by atoms with E-state index in [-0.39, 0.29) is 17.2 Å². The second kappa shape index (κ2) is 10.6. The largest absolute Gasteiger partial charge is 0.454 e. The zero-order valence-electron chi connectivity index (χ0n) is 23.7. The molecule has 1 unspecified atom stereocenters. The zero-order valence-corrected chi connectivity index (χ0v) is 24.5. The van der Waals surface area contributed by atoms with Crippen LogP contribution in [0.3, 0.4) is 0 Å². The number of pyridine rings is 1. The summed E-state index contributed by atoms with van der Waals surface area (Å²) in [4.78, 5) is 57.8. The predicted molar refractivity (Wildman–Crippen MR) is 161 cm³/mol. The number of allylic oxidation sites excluding steroid dienone is 1. The summed E-state index contributed by atoms with van der Waals surface area (Å²) in [5.41, 5.74) is 7.61. The number of hydrogen-bond donors (Lipinski definition) is 1. The highest BCUT2D eigenvalue weighted by atomic mass is 32.1. The number of esters is 1. The van der Waals surface area contributed by atoms with E-state index in [0.29, 0.717) is 22.9 Å². The molecule has 1 atom stereocenters. The van der Waals surface area contributed by atoms with Gasteiger partial charge in [-0.25, -0.2) is 14.6 Å². The van der Waals surface area contributed by atoms with E-state index in [1.165, 1.54) is 14.1 Å². The van der Waals surface area contributed by atoms with Gasteiger partial charge in [-0.1, -0.05) is 45.0 Å². The first-order valence-corrected chi connectivity index (χ1v) is 14.2. The number of benzene rings is 1. The Labute approximate surface area is 240 Å². The molecule has 3 aromatic heterocycles. The van der Waals surface area contributed by atoms with Gasteiger partial charge in [-0.15, -0.1) is 11.3 Å². The minimum atomic E-state index is -0.838. The fourth-order valence-electron chi connectivity index (χ4n) is 5.31. The summed E-state index contributed by atoms with van der Waals surface area (Å²) in [5, 5.41) is 2.65. The van der Waals surface area contributed by atoms with E-state index in [2.05, 4.69) is 32.9 Å². The van der Waals surface area contributed by atoms with Gasteiger partial charge in [0.1, 0.15) is 11.4 Å². The van der Waals surface area contributed by atoms with Crippen molar-refractivity contribution in [3.8, 4) is 0 Å². The molecule has 41 heavy (non-hydrogen) atoms. The molecule has 5 rings (SSSR count). The van der Waals surface area contributed by atoms with Gasteiger partial charge in [-0.3, -0.25) is 18.7 Å². The number of carbonyl (C=O) groups is 2. The Hall–Kier alpha value is -4.31. The Morgan fingerprint density at radius 2 is 1.80 bits per heavy atom. The van der Waals surface area contributed by atoms with E-state index in [1.54, 1.807) is 11.3 Å². The molecule has 10 heteroatoms. The molecular weight excluding hydrogens is 540 g/mol. The molecular formula is C31H32N4O5S. The highest BCUT2D eigenvalue weighted by molar-refractivity contribution is 7.10. The second-order valence-corrected chi connectivity index (χ2v) is 12.4. The van der Waals surface area contributed by atoms with Crippen LogP contribution in [0, 0.1) is 11.3 Å². The lowest BCUT2D eigenvalue weighted by Crippen LogP contribution is -2.42. The van der Waals surface area contributed by atoms with Crippen LogP contribution < -0.4 is 17.0 Å². The number of carbonyl (C=O) groups excluding carboxylic acids is 2. The van der Waals surface area contributed by atoms with Gasteiger partial charge in [0, 0.05) is 24.4 Å². The third kappa shape index (κ3) is 5.15. The molecule has 0 radical (unpaired) electrons. The van der Waals surface area contributed by atoms with Crippen LogP contribution in [0.5, 0.6) is 0 Å². The van der Waals surface area contributed by atoms with Crippen molar-refractivity contribution in [1.82, 2.24) is 14.1 Å². The van der Waals surface area contributed by atoms with Crippen LogP contribution in [-0.4, -0.2) is 32.5 Å². The molecule has 0 fully saturated rings. The number of anilines is 1. The van der Waals surface area contributed by atoms with Crippen LogP contribution in [0.15, 0.2) is 51.4 Å². The van der Waals surface area contributed by atoms with Gasteiger partial charge >= 0.3 is 11.7 Å². The predicted octanol–water partition coefficient (Wildman–Crippen LogP) is 4.46. The van der Waals surface area contributed by atoms with Crippen molar-refractivity contribution < 1.29 is 14.3 Å². The van der Waals surface area contributed by atoms with Crippen LogP contribution in [0.4, 0.5) is 5.82 Å². The summed E-state index contributed by atoms with van der Waals surface area (Å²) in [6.07, 6.45) is 3.56. The number of ketones is 1. The average Bonchev–Trinajstić information content (AvgIpc) is 3.45. The van der Waals surface area contributed by atoms with E-state index in [1.807, 2.05) is 35.7 Å². The van der Waals surface area contributed by atoms with Crippen LogP contribution in [0.25, 0.3) is 22.6 Å². The first-order chi connectivity index (χ1) is 19.4. The van der Waals surface area contributed by atoms with Crippen molar-refractivity contribution in [1.29, 1.82) is 0 Å². The highest BCUT2D eigenvalue weighted by Crippen LogP contribution is 2.45. The lowest BCUT2D eigenvalue weighted by molar-refractivity contribution is 0.0474. The van der Waals surface area contributed by atoms with E-state index >= 15 is 0 Å². The summed E-state index contributed by atoms with van der Waals surface area (Å²) < 4.78 is 7.38. The standard InChI is InChI=1S/C31H32N4O5S/c1-31(2,3)18-13-17(14-19-9-8-12-41-19)26-21(15-18)24(20-10-6-7-11-22(20)33-26)29(38)40-16-23(36)25-27(32)34(4)30(39)35(5)28(25)37/h6-12,14,18H,13,15-16,32H2,1-5H3. The molecule has 0 saturated heterocycles. The minimum absolute atomic E-state index is 0.0458. The van der Waals surface area contributed by atoms with Crippen molar-refractivity contribution in [2.45, 2.75) is 33.6 Å². The lowest BCUT2D eigenvalue weighted by Gasteiger charge is -2.36. The van der Waals surface area contributed by atoms with Crippen molar-refractivity contribution in [3.63, 3.8) is 0 Å². The first-order valence-electron chi connectivity index (χ1n) is 13.3. The Kier molecular flexibility index (Phi) is 7.29. The summed E-state index contributed by atoms with van der Waals surface area (Å²) in [7, 11) is 2.62. The van der Waals surface area contributed by atoms with Crippen LogP contribution in [0.1, 0.15) is 64.0 Å². The molecule has 2 N–H and O–H groups in total. The van der Waals surface area contributed by atoms with Crippen molar-refractivity contribution >= 4 is 51.5 Å². The SMILES string of the molecule is Cn1c(N)c(C(=O)COC(=O)c2c3c(nc4ccccc24)C(=Cc2cccs2)CC(C(C)(C)C)C3)c(=O)n(C)c1=O. The molecule has 0 aliphatic heterocycles. The van der Waals surface area contributed by atoms with E-state index < -0.39 is 35.2 Å². The molecule has 1 aliphatic rings. The van der Waals surface area contributed by atoms with Crippen LogP contribution in [-0.2, 0) is 25.3 Å². The molecule has 212 valence electrons. The number of Topliss-reactive ketones (excluding diaryl/α,β-unsaturated/α-hetero) is 1. The number of para-hydroxylation sites is 1. The number of nitrogens with zero attached hydrogens (tertiary/aromatic N) is 3. The van der Waals surface area contributed by atoms with Crippen molar-refractivity contribution in [2.75, 3.05) is 12.3 Å². The molecule has 0 spiro atoms. The monoisotopic (exact) mass is 572 g/mol. The number of fused-ring (bicyclic) bond motifs is 2. The number of nitrogens with two attached hydrogens (primary N) is 1. The van der Waals surface area contributed by atoms with Gasteiger partial charge in [-0.2, -0.15) is 0 Å². The van der Waals surface area contributed by atoms with Crippen LogP contribution >= 0.6 is 11.3 Å². The minimum Gasteiger partial charge on any atom is -0.454 e. The van der Waals surface area contributed by atoms with Gasteiger partial charge in [0.25, 0.3) is 5.56 Å². The topological polar surface area (TPSA) is 126 Å². The van der Waals surface area contributed by atoms with Gasteiger partial charge in [0.15, 0.2) is 6.61 Å². The molecule has 0 saturated carbocycles. The molecule has 4 aromatic rings. The van der Waals surface area contributed by atoms with E-state index in [9.17, 15) is 19.2 Å². The maximum Gasteiger partial charge on any atom is 0.339 e. The Morgan fingerprint density at radius 1 is 1.07 bits per heavy atom. The molecule has 0 amide bonds. The maximum absolute atomic E-state index is 13.8. The van der Waals surface area contributed by atoms with Gasteiger partial charge in [-0.05, 0) is 58.9 Å². The van der Waals surface area contributed by atoms with Gasteiger partial charge in [0.2, 0.25) is 5.78 Å². The number of ether oxygens (including phenoxy) is 1. The number of hydrogen-bond acceptors (Lipinski definition) is 8. The smallest absolute Gasteiger partial charge is 0.339 e. The average molecular weight is 573 g/mol. The first kappa shape index (κ1) is 28.2. The molecule has 1 aliphatic carbocycles. The number of nitrogen functional groups attached to an aromatic ring is 1. The maximum atomic E-state index is 13.8. The Morgan fingerprint density at radius 3 is 2.49 bits per heavy atom. The van der Waals surface area contributed by atoms with Gasteiger partial charge in [0.05, 0.1) is 16.8 Å². The second-order valence-electron chi connectivity index (χ2n) is 11.5. The summed E-state index contributed by atoms with van der Waals surface area (Å²) in [6, 6.07) is 11.4. The quantitative estimate of drug-likeness (QED) is 0.276. The normalized spacial score (nSPS) is 16.1. The van der Waals surface area contributed by atoms with Crippen molar-refractivity contribution in [2.24, 2.45) is 25.4 Å². The zero-order chi connectivity index (χ0) is 29.6. The third-order valence-corrected chi connectivity index (χ3v) is 8.65. The Bertz CT molecular complexity index is 1840. The fourth-order valence-corrected chi connectivity index (χ4v) is 5.99.